The number of hydrogen-bond acceptors (Lipinski definition) is 3. The summed E-state index contributed by atoms with van der Waals surface area (Å²) in [6, 6.07) is 0. The maximum atomic E-state index is 10.1. The highest BCUT2D eigenvalue weighted by Gasteiger charge is 1.95. The van der Waals surface area contributed by atoms with E-state index in [4.69, 9.17) is 16.7 Å². The molecule has 1 aromatic heterocycles. The molecule has 1 heterocycles. The predicted molar refractivity (Wildman–Crippen MR) is 46.2 cm³/mol. The monoisotopic (exact) mass is 196 g/mol. The number of aromatic nitrogens is 2. The summed E-state index contributed by atoms with van der Waals surface area (Å²) in [5, 5.41) is 8.52. The number of hydrogen-bond donors (Lipinski definition) is 1. The Morgan fingerprint density at radius 3 is 3.08 bits per heavy atom. The molecule has 0 aromatic carbocycles. The summed E-state index contributed by atoms with van der Waals surface area (Å²) in [6.45, 7) is 0. The lowest BCUT2D eigenvalue weighted by atomic mass is 10.3. The molecule has 0 atom stereocenters. The van der Waals surface area contributed by atoms with Gasteiger partial charge in [-0.05, 0) is 0 Å². The van der Waals surface area contributed by atoms with Crippen LogP contribution in [-0.4, -0.2) is 21.0 Å². The van der Waals surface area contributed by atoms with E-state index in [1.54, 1.807) is 0 Å². The van der Waals surface area contributed by atoms with Gasteiger partial charge in [-0.15, -0.1) is 0 Å². The van der Waals surface area contributed by atoms with E-state index in [0.29, 0.717) is 5.56 Å². The van der Waals surface area contributed by atoms with Crippen molar-refractivity contribution in [2.24, 2.45) is 0 Å². The van der Waals surface area contributed by atoms with Crippen molar-refractivity contribution < 1.29 is 9.90 Å². The molecular weight excluding hydrogens is 192 g/mol. The molecule has 5 heteroatoms. The second-order valence-electron chi connectivity index (χ2n) is 2.10. The third-order valence-electron chi connectivity index (χ3n) is 1.13. The van der Waals surface area contributed by atoms with E-state index in [0.717, 1.165) is 0 Å². The average Bonchev–Trinajstić information content (AvgIpc) is 2.08. The fourth-order valence-corrected chi connectivity index (χ4v) is 0.753. The van der Waals surface area contributed by atoms with Crippen LogP contribution in [0, 0.1) is 11.8 Å². The van der Waals surface area contributed by atoms with Crippen molar-refractivity contribution in [2.45, 2.75) is 6.42 Å². The standard InChI is InChI=1S/C8H5ClN2O2/c9-8-6(4-10-5-11-8)2-1-3-7(12)13/h4-5H,3H2,(H,12,13). The molecule has 0 fully saturated rings. The summed E-state index contributed by atoms with van der Waals surface area (Å²) in [7, 11) is 0. The maximum absolute atomic E-state index is 10.1. The van der Waals surface area contributed by atoms with Crippen molar-refractivity contribution in [1.29, 1.82) is 0 Å². The molecule has 1 rings (SSSR count). The third kappa shape index (κ3) is 3.09. The molecule has 0 aliphatic rings. The number of carboxylic acid groups (broad SMARTS) is 1. The molecule has 0 bridgehead atoms. The minimum atomic E-state index is -0.972. The molecule has 0 aliphatic heterocycles. The molecule has 13 heavy (non-hydrogen) atoms. The number of halogens is 1. The van der Waals surface area contributed by atoms with Crippen molar-refractivity contribution >= 4 is 17.6 Å². The first-order valence-electron chi connectivity index (χ1n) is 3.36. The maximum Gasteiger partial charge on any atom is 0.315 e. The second kappa shape index (κ2) is 4.43. The number of aliphatic carboxylic acids is 1. The zero-order valence-electron chi connectivity index (χ0n) is 6.49. The smallest absolute Gasteiger partial charge is 0.315 e. The van der Waals surface area contributed by atoms with Crippen LogP contribution in [0.25, 0.3) is 0 Å². The topological polar surface area (TPSA) is 63.1 Å². The Balaban J connectivity index is 2.77. The summed E-state index contributed by atoms with van der Waals surface area (Å²) in [5.41, 5.74) is 0.436. The van der Waals surface area contributed by atoms with Crippen LogP contribution in [0.4, 0.5) is 0 Å². The highest BCUT2D eigenvalue weighted by atomic mass is 35.5. The van der Waals surface area contributed by atoms with Crippen LogP contribution >= 0.6 is 11.6 Å². The second-order valence-corrected chi connectivity index (χ2v) is 2.46. The number of carboxylic acids is 1. The fraction of sp³-hybridized carbons (Fsp3) is 0.125. The number of rotatable bonds is 1. The summed E-state index contributed by atoms with van der Waals surface area (Å²) in [6.07, 6.45) is 2.51. The van der Waals surface area contributed by atoms with E-state index in [9.17, 15) is 4.79 Å². The minimum absolute atomic E-state index is 0.217. The molecule has 0 saturated carbocycles. The Morgan fingerprint density at radius 2 is 2.46 bits per heavy atom. The first-order valence-corrected chi connectivity index (χ1v) is 3.74. The van der Waals surface area contributed by atoms with Gasteiger partial charge in [0.2, 0.25) is 0 Å². The normalized spacial score (nSPS) is 8.69. The SMILES string of the molecule is O=C(O)CC#Cc1cncnc1Cl. The van der Waals surface area contributed by atoms with Gasteiger partial charge in [0.25, 0.3) is 0 Å². The van der Waals surface area contributed by atoms with Crippen molar-refractivity contribution in [3.63, 3.8) is 0 Å². The van der Waals surface area contributed by atoms with E-state index < -0.39 is 5.97 Å². The third-order valence-corrected chi connectivity index (χ3v) is 1.43. The zero-order chi connectivity index (χ0) is 9.68. The first-order chi connectivity index (χ1) is 6.20. The molecule has 1 aromatic rings. The van der Waals surface area contributed by atoms with E-state index in [1.807, 2.05) is 0 Å². The van der Waals surface area contributed by atoms with Crippen LogP contribution in [-0.2, 0) is 4.79 Å². The van der Waals surface area contributed by atoms with Crippen LogP contribution in [0.15, 0.2) is 12.5 Å². The Hall–Kier alpha value is -1.60. The van der Waals surface area contributed by atoms with Gasteiger partial charge in [-0.2, -0.15) is 0 Å². The van der Waals surface area contributed by atoms with E-state index in [2.05, 4.69) is 21.8 Å². The van der Waals surface area contributed by atoms with Gasteiger partial charge in [0, 0.05) is 6.20 Å². The van der Waals surface area contributed by atoms with Crippen LogP contribution in [0.5, 0.6) is 0 Å². The zero-order valence-corrected chi connectivity index (χ0v) is 7.25. The Kier molecular flexibility index (Phi) is 3.23. The van der Waals surface area contributed by atoms with Gasteiger partial charge < -0.3 is 5.11 Å². The summed E-state index contributed by atoms with van der Waals surface area (Å²) in [5.74, 6) is 4.01. The Labute approximate surface area is 79.6 Å². The first kappa shape index (κ1) is 9.49. The van der Waals surface area contributed by atoms with Crippen LogP contribution in [0.3, 0.4) is 0 Å². The van der Waals surface area contributed by atoms with Crippen molar-refractivity contribution in [1.82, 2.24) is 9.97 Å². The largest absolute Gasteiger partial charge is 0.481 e. The van der Waals surface area contributed by atoms with E-state index in [-0.39, 0.29) is 11.6 Å². The van der Waals surface area contributed by atoms with Crippen LogP contribution in [0.1, 0.15) is 12.0 Å². The minimum Gasteiger partial charge on any atom is -0.481 e. The Morgan fingerprint density at radius 1 is 1.69 bits per heavy atom. The molecule has 66 valence electrons. The quantitative estimate of drug-likeness (QED) is 0.537. The van der Waals surface area contributed by atoms with Gasteiger partial charge in [0.15, 0.2) is 0 Å². The molecule has 1 N–H and O–H groups in total. The summed E-state index contributed by atoms with van der Waals surface area (Å²) >= 11 is 5.64. The number of nitrogens with zero attached hydrogens (tertiary/aromatic N) is 2. The molecule has 0 saturated heterocycles. The van der Waals surface area contributed by atoms with Crippen LogP contribution in [0.2, 0.25) is 5.15 Å². The van der Waals surface area contributed by atoms with E-state index >= 15 is 0 Å². The van der Waals surface area contributed by atoms with Gasteiger partial charge in [-0.3, -0.25) is 4.79 Å². The van der Waals surface area contributed by atoms with Crippen molar-refractivity contribution in [2.75, 3.05) is 0 Å². The molecule has 0 aliphatic carbocycles. The highest BCUT2D eigenvalue weighted by molar-refractivity contribution is 6.30. The van der Waals surface area contributed by atoms with Gasteiger partial charge in [-0.1, -0.05) is 23.4 Å². The average molecular weight is 197 g/mol. The predicted octanol–water partition coefficient (Wildman–Crippen LogP) is 0.956. The molecule has 0 amide bonds. The molecule has 0 unspecified atom stereocenters. The summed E-state index contributed by atoms with van der Waals surface area (Å²) in [4.78, 5) is 17.5. The van der Waals surface area contributed by atoms with Crippen LogP contribution < -0.4 is 0 Å². The molecule has 4 nitrogen and oxygen atoms in total. The summed E-state index contributed by atoms with van der Waals surface area (Å²) < 4.78 is 0. The van der Waals surface area contributed by atoms with Gasteiger partial charge in [-0.25, -0.2) is 9.97 Å². The number of carbonyl (C=O) groups is 1. The van der Waals surface area contributed by atoms with Crippen molar-refractivity contribution in [3.8, 4) is 11.8 Å². The Bertz CT molecular complexity index is 381. The van der Waals surface area contributed by atoms with Crippen molar-refractivity contribution in [3.05, 3.63) is 23.2 Å². The fourth-order valence-electron chi connectivity index (χ4n) is 0.614. The molecular formula is C8H5ClN2O2. The lowest BCUT2D eigenvalue weighted by Gasteiger charge is -1.90. The molecule has 0 radical (unpaired) electrons. The lowest BCUT2D eigenvalue weighted by Crippen LogP contribution is -1.90. The van der Waals surface area contributed by atoms with E-state index in [1.165, 1.54) is 12.5 Å². The highest BCUT2D eigenvalue weighted by Crippen LogP contribution is 2.07. The van der Waals surface area contributed by atoms with Gasteiger partial charge in [0.05, 0.1) is 5.56 Å². The lowest BCUT2D eigenvalue weighted by molar-refractivity contribution is -0.135. The van der Waals surface area contributed by atoms with Gasteiger partial charge in [0.1, 0.15) is 17.9 Å². The molecule has 0 spiro atoms. The van der Waals surface area contributed by atoms with Gasteiger partial charge >= 0.3 is 5.97 Å².